The van der Waals surface area contributed by atoms with Crippen molar-refractivity contribution in [2.24, 2.45) is 5.92 Å². The van der Waals surface area contributed by atoms with Crippen LogP contribution in [-0.2, 0) is 9.59 Å². The first-order valence-electron chi connectivity index (χ1n) is 6.87. The molecule has 0 aliphatic heterocycles. The minimum absolute atomic E-state index is 0.0312. The lowest BCUT2D eigenvalue weighted by molar-refractivity contribution is -0.142. The third kappa shape index (κ3) is 3.71. The average molecular weight is 295 g/mol. The van der Waals surface area contributed by atoms with Gasteiger partial charge in [0, 0.05) is 6.42 Å². The van der Waals surface area contributed by atoms with Crippen molar-refractivity contribution in [3.63, 3.8) is 0 Å². The number of amides is 1. The molecule has 5 nitrogen and oxygen atoms in total. The second kappa shape index (κ2) is 6.56. The molecule has 1 amide bonds. The van der Waals surface area contributed by atoms with Crippen LogP contribution in [0.3, 0.4) is 0 Å². The van der Waals surface area contributed by atoms with E-state index in [2.05, 4.69) is 5.32 Å². The van der Waals surface area contributed by atoms with Gasteiger partial charge in [-0.15, -0.1) is 0 Å². The Labute approximate surface area is 122 Å². The Balaban J connectivity index is 2.08. The molecule has 21 heavy (non-hydrogen) atoms. The molecule has 2 N–H and O–H groups in total. The first-order valence-corrected chi connectivity index (χ1v) is 6.87. The van der Waals surface area contributed by atoms with Crippen molar-refractivity contribution in [1.82, 2.24) is 5.32 Å². The first-order chi connectivity index (χ1) is 10.0. The van der Waals surface area contributed by atoms with Gasteiger partial charge in [-0.2, -0.15) is 0 Å². The van der Waals surface area contributed by atoms with Crippen LogP contribution in [0, 0.1) is 11.7 Å². The summed E-state index contributed by atoms with van der Waals surface area (Å²) in [6.45, 7) is 0. The number of carbonyl (C=O) groups is 2. The number of carboxylic acid groups (broad SMARTS) is 1. The van der Waals surface area contributed by atoms with Crippen LogP contribution in [0.5, 0.6) is 5.75 Å². The van der Waals surface area contributed by atoms with Crippen LogP contribution < -0.4 is 10.1 Å². The lowest BCUT2D eigenvalue weighted by Gasteiger charge is -2.25. The number of halogens is 1. The number of methoxy groups -OCH3 is 1. The Kier molecular flexibility index (Phi) is 4.77. The molecular formula is C15H18FNO4. The predicted molar refractivity (Wildman–Crippen MR) is 73.4 cm³/mol. The summed E-state index contributed by atoms with van der Waals surface area (Å²) >= 11 is 0. The fraction of sp³-hybridized carbons (Fsp3) is 0.467. The van der Waals surface area contributed by atoms with Crippen molar-refractivity contribution in [1.29, 1.82) is 0 Å². The van der Waals surface area contributed by atoms with Gasteiger partial charge in [-0.3, -0.25) is 4.79 Å². The minimum Gasteiger partial charge on any atom is -0.494 e. The molecule has 6 heteroatoms. The van der Waals surface area contributed by atoms with E-state index in [0.29, 0.717) is 12.3 Å². The van der Waals surface area contributed by atoms with Crippen LogP contribution in [0.4, 0.5) is 4.39 Å². The summed E-state index contributed by atoms with van der Waals surface area (Å²) in [4.78, 5) is 23.2. The summed E-state index contributed by atoms with van der Waals surface area (Å²) in [5.74, 6) is -1.82. The first kappa shape index (κ1) is 15.3. The molecule has 0 spiro atoms. The maximum absolute atomic E-state index is 13.7. The molecule has 0 saturated heterocycles. The number of nitrogens with one attached hydrogen (secondary N) is 1. The number of benzene rings is 1. The van der Waals surface area contributed by atoms with Crippen molar-refractivity contribution in [3.05, 3.63) is 29.6 Å². The third-order valence-corrected chi connectivity index (χ3v) is 3.76. The van der Waals surface area contributed by atoms with Gasteiger partial charge in [-0.1, -0.05) is 12.5 Å². The van der Waals surface area contributed by atoms with Gasteiger partial charge in [0.1, 0.15) is 0 Å². The zero-order valence-corrected chi connectivity index (χ0v) is 11.8. The van der Waals surface area contributed by atoms with E-state index in [0.717, 1.165) is 25.3 Å². The summed E-state index contributed by atoms with van der Waals surface area (Å²) in [5, 5.41) is 11.7. The number of carboxylic acids is 1. The topological polar surface area (TPSA) is 75.6 Å². The fourth-order valence-electron chi connectivity index (χ4n) is 2.33. The van der Waals surface area contributed by atoms with Crippen molar-refractivity contribution in [3.8, 4) is 5.75 Å². The molecule has 1 aliphatic rings. The Morgan fingerprint density at radius 3 is 2.67 bits per heavy atom. The molecule has 1 aromatic rings. The molecule has 114 valence electrons. The molecular weight excluding hydrogens is 277 g/mol. The maximum Gasteiger partial charge on any atom is 0.330 e. The van der Waals surface area contributed by atoms with Gasteiger partial charge in [0.05, 0.1) is 7.11 Å². The minimum atomic E-state index is -1.25. The highest BCUT2D eigenvalue weighted by Crippen LogP contribution is 2.29. The lowest BCUT2D eigenvalue weighted by atomic mass is 9.83. The Hall–Kier alpha value is -2.11. The number of hydrogen-bond donors (Lipinski definition) is 2. The highest BCUT2D eigenvalue weighted by Gasteiger charge is 2.26. The van der Waals surface area contributed by atoms with Gasteiger partial charge in [0.25, 0.3) is 0 Å². The van der Waals surface area contributed by atoms with E-state index in [1.165, 1.54) is 19.2 Å². The largest absolute Gasteiger partial charge is 0.494 e. The van der Waals surface area contributed by atoms with Crippen molar-refractivity contribution < 1.29 is 23.8 Å². The van der Waals surface area contributed by atoms with Crippen LogP contribution >= 0.6 is 0 Å². The van der Waals surface area contributed by atoms with E-state index in [9.17, 15) is 19.1 Å². The molecule has 1 saturated carbocycles. The molecule has 1 unspecified atom stereocenters. The van der Waals surface area contributed by atoms with E-state index in [-0.39, 0.29) is 17.2 Å². The normalized spacial score (nSPS) is 15.9. The molecule has 0 heterocycles. The molecule has 1 aromatic carbocycles. The van der Waals surface area contributed by atoms with Crippen LogP contribution in [0.25, 0.3) is 0 Å². The quantitative estimate of drug-likeness (QED) is 0.844. The number of hydrogen-bond acceptors (Lipinski definition) is 3. The van der Waals surface area contributed by atoms with Crippen molar-refractivity contribution >= 4 is 11.9 Å². The van der Waals surface area contributed by atoms with E-state index in [1.807, 2.05) is 0 Å². The number of rotatable bonds is 6. The molecule has 2 rings (SSSR count). The number of ether oxygens (including phenoxy) is 1. The zero-order chi connectivity index (χ0) is 15.4. The highest BCUT2D eigenvalue weighted by molar-refractivity contribution is 5.84. The van der Waals surface area contributed by atoms with Crippen LogP contribution in [0.1, 0.15) is 37.3 Å². The van der Waals surface area contributed by atoms with Gasteiger partial charge in [0.2, 0.25) is 5.91 Å². The van der Waals surface area contributed by atoms with E-state index >= 15 is 0 Å². The van der Waals surface area contributed by atoms with Gasteiger partial charge in [0.15, 0.2) is 17.6 Å². The molecule has 1 fully saturated rings. The molecule has 0 bridgehead atoms. The van der Waals surface area contributed by atoms with E-state index < -0.39 is 17.8 Å². The number of aliphatic carboxylic acids is 1. The second-order valence-corrected chi connectivity index (χ2v) is 5.23. The van der Waals surface area contributed by atoms with Crippen molar-refractivity contribution in [2.75, 3.05) is 7.11 Å². The van der Waals surface area contributed by atoms with Crippen LogP contribution in [-0.4, -0.2) is 24.1 Å². The van der Waals surface area contributed by atoms with Crippen molar-refractivity contribution in [2.45, 2.75) is 31.7 Å². The molecule has 0 aromatic heterocycles. The smallest absolute Gasteiger partial charge is 0.330 e. The van der Waals surface area contributed by atoms with E-state index in [1.54, 1.807) is 0 Å². The Bertz CT molecular complexity index is 542. The molecule has 1 aliphatic carbocycles. The second-order valence-electron chi connectivity index (χ2n) is 5.23. The highest BCUT2D eigenvalue weighted by atomic mass is 19.1. The fourth-order valence-corrected chi connectivity index (χ4v) is 2.33. The zero-order valence-electron chi connectivity index (χ0n) is 11.8. The predicted octanol–water partition coefficient (Wildman–Crippen LogP) is 2.27. The summed E-state index contributed by atoms with van der Waals surface area (Å²) in [6.07, 6.45) is 3.44. The lowest BCUT2D eigenvalue weighted by Crippen LogP contribution is -2.35. The molecule has 0 radical (unpaired) electrons. The van der Waals surface area contributed by atoms with Gasteiger partial charge in [-0.05, 0) is 36.5 Å². The average Bonchev–Trinajstić information content (AvgIpc) is 2.40. The third-order valence-electron chi connectivity index (χ3n) is 3.76. The molecule has 1 atom stereocenters. The SMILES string of the molecule is COc1ccc(C(NC(=O)CC2CCC2)C(=O)O)cc1F. The maximum atomic E-state index is 13.7. The van der Waals surface area contributed by atoms with Gasteiger partial charge >= 0.3 is 5.97 Å². The number of carbonyl (C=O) groups excluding carboxylic acids is 1. The van der Waals surface area contributed by atoms with Crippen LogP contribution in [0.15, 0.2) is 18.2 Å². The summed E-state index contributed by atoms with van der Waals surface area (Å²) < 4.78 is 18.4. The summed E-state index contributed by atoms with van der Waals surface area (Å²) in [7, 11) is 1.33. The Morgan fingerprint density at radius 1 is 1.48 bits per heavy atom. The monoisotopic (exact) mass is 295 g/mol. The van der Waals surface area contributed by atoms with Gasteiger partial charge in [-0.25, -0.2) is 9.18 Å². The van der Waals surface area contributed by atoms with E-state index in [4.69, 9.17) is 4.74 Å². The summed E-state index contributed by atoms with van der Waals surface area (Å²) in [5.41, 5.74) is 0.183. The van der Waals surface area contributed by atoms with Gasteiger partial charge < -0.3 is 15.2 Å². The standard InChI is InChI=1S/C15H18FNO4/c1-21-12-6-5-10(8-11(12)16)14(15(19)20)17-13(18)7-9-3-2-4-9/h5-6,8-9,14H,2-4,7H2,1H3,(H,17,18)(H,19,20). The van der Waals surface area contributed by atoms with Crippen LogP contribution in [0.2, 0.25) is 0 Å². The Morgan fingerprint density at radius 2 is 2.19 bits per heavy atom. The summed E-state index contributed by atoms with van der Waals surface area (Å²) in [6, 6.07) is 2.60.